The number of nitrogens with zero attached hydrogens (tertiary/aromatic N) is 3. The van der Waals surface area contributed by atoms with Gasteiger partial charge in [0, 0.05) is 18.7 Å². The van der Waals surface area contributed by atoms with Gasteiger partial charge in [0.05, 0.1) is 0 Å². The van der Waals surface area contributed by atoms with Crippen LogP contribution in [0.2, 0.25) is 0 Å². The molecule has 0 spiro atoms. The summed E-state index contributed by atoms with van der Waals surface area (Å²) in [5, 5.41) is 17.6. The van der Waals surface area contributed by atoms with E-state index in [-0.39, 0.29) is 11.7 Å². The Hall–Kier alpha value is -1.04. The molecule has 0 amide bonds. The van der Waals surface area contributed by atoms with Crippen molar-refractivity contribution in [2.75, 3.05) is 0 Å². The molecular weight excluding hydrogens is 214 g/mol. The first-order valence-electron chi connectivity index (χ1n) is 4.75. The second kappa shape index (κ2) is 5.16. The molecule has 1 N–H and O–H groups in total. The highest BCUT2D eigenvalue weighted by molar-refractivity contribution is 7.99. The zero-order valence-electron chi connectivity index (χ0n) is 9.10. The lowest BCUT2D eigenvalue weighted by Crippen LogP contribution is -2.04. The lowest BCUT2D eigenvalue weighted by molar-refractivity contribution is -0.137. The maximum Gasteiger partial charge on any atom is 0.303 e. The number of aryl methyl sites for hydroxylation is 1. The first-order chi connectivity index (χ1) is 7.00. The number of aromatic nitrogens is 3. The van der Waals surface area contributed by atoms with Gasteiger partial charge < -0.3 is 9.67 Å². The zero-order chi connectivity index (χ0) is 11.4. The van der Waals surface area contributed by atoms with Crippen LogP contribution in [0.5, 0.6) is 0 Å². The molecule has 0 aromatic carbocycles. The van der Waals surface area contributed by atoms with E-state index in [0.717, 1.165) is 11.0 Å². The molecule has 0 radical (unpaired) electrons. The van der Waals surface area contributed by atoms with Crippen molar-refractivity contribution in [1.82, 2.24) is 14.8 Å². The van der Waals surface area contributed by atoms with E-state index in [0.29, 0.717) is 6.42 Å². The lowest BCUT2D eigenvalue weighted by atomic mass is 10.2. The predicted octanol–water partition coefficient (Wildman–Crippen LogP) is 1.47. The summed E-state index contributed by atoms with van der Waals surface area (Å²) in [6.45, 7) is 3.89. The smallest absolute Gasteiger partial charge is 0.303 e. The molecule has 0 aliphatic heterocycles. The summed E-state index contributed by atoms with van der Waals surface area (Å²) in [4.78, 5) is 10.4. The summed E-state index contributed by atoms with van der Waals surface area (Å²) in [7, 11) is 1.90. The van der Waals surface area contributed by atoms with Crippen molar-refractivity contribution in [2.24, 2.45) is 7.05 Å². The third-order valence-electron chi connectivity index (χ3n) is 2.12. The number of hydrogen-bond acceptors (Lipinski definition) is 4. The molecule has 0 saturated heterocycles. The molecule has 0 fully saturated rings. The van der Waals surface area contributed by atoms with Crippen molar-refractivity contribution in [3.8, 4) is 0 Å². The highest BCUT2D eigenvalue weighted by Crippen LogP contribution is 2.23. The van der Waals surface area contributed by atoms with E-state index in [1.54, 1.807) is 11.8 Å². The van der Waals surface area contributed by atoms with Gasteiger partial charge in [-0.3, -0.25) is 4.79 Å². The fourth-order valence-corrected chi connectivity index (χ4v) is 2.03. The molecule has 1 unspecified atom stereocenters. The minimum Gasteiger partial charge on any atom is -0.481 e. The van der Waals surface area contributed by atoms with Crippen LogP contribution in [0, 0.1) is 6.92 Å². The first-order valence-corrected chi connectivity index (χ1v) is 5.63. The molecule has 0 aliphatic carbocycles. The molecular formula is C9H15N3O2S. The molecule has 15 heavy (non-hydrogen) atoms. The number of carboxylic acid groups (broad SMARTS) is 1. The normalized spacial score (nSPS) is 12.7. The van der Waals surface area contributed by atoms with Crippen LogP contribution < -0.4 is 0 Å². The number of rotatable bonds is 5. The van der Waals surface area contributed by atoms with E-state index in [2.05, 4.69) is 10.2 Å². The van der Waals surface area contributed by atoms with Crippen molar-refractivity contribution in [2.45, 2.75) is 37.1 Å². The molecule has 84 valence electrons. The van der Waals surface area contributed by atoms with Crippen LogP contribution >= 0.6 is 11.8 Å². The summed E-state index contributed by atoms with van der Waals surface area (Å²) in [6, 6.07) is 0. The average Bonchev–Trinajstić information content (AvgIpc) is 2.47. The van der Waals surface area contributed by atoms with Crippen molar-refractivity contribution >= 4 is 17.7 Å². The topological polar surface area (TPSA) is 68.0 Å². The first kappa shape index (κ1) is 12.0. The van der Waals surface area contributed by atoms with E-state index in [1.165, 1.54) is 0 Å². The van der Waals surface area contributed by atoms with Crippen molar-refractivity contribution in [3.05, 3.63) is 5.82 Å². The van der Waals surface area contributed by atoms with Gasteiger partial charge in [-0.05, 0) is 13.3 Å². The maximum atomic E-state index is 10.4. The Morgan fingerprint density at radius 1 is 1.60 bits per heavy atom. The van der Waals surface area contributed by atoms with Crippen LogP contribution in [0.15, 0.2) is 5.16 Å². The minimum absolute atomic E-state index is 0.199. The maximum absolute atomic E-state index is 10.4. The number of thioether (sulfide) groups is 1. The minimum atomic E-state index is -0.753. The molecule has 0 saturated carbocycles. The van der Waals surface area contributed by atoms with Crippen molar-refractivity contribution < 1.29 is 9.90 Å². The van der Waals surface area contributed by atoms with Gasteiger partial charge in [0.2, 0.25) is 0 Å². The Morgan fingerprint density at radius 3 is 2.73 bits per heavy atom. The van der Waals surface area contributed by atoms with Gasteiger partial charge in [0.1, 0.15) is 5.82 Å². The van der Waals surface area contributed by atoms with E-state index in [1.807, 2.05) is 25.5 Å². The van der Waals surface area contributed by atoms with Crippen LogP contribution in [0.1, 0.15) is 25.6 Å². The summed E-state index contributed by atoms with van der Waals surface area (Å²) < 4.78 is 1.90. The van der Waals surface area contributed by atoms with Crippen LogP contribution in [-0.2, 0) is 11.8 Å². The largest absolute Gasteiger partial charge is 0.481 e. The fraction of sp³-hybridized carbons (Fsp3) is 0.667. The van der Waals surface area contributed by atoms with Crippen LogP contribution in [0.3, 0.4) is 0 Å². The molecule has 0 bridgehead atoms. The van der Waals surface area contributed by atoms with E-state index in [4.69, 9.17) is 5.11 Å². The monoisotopic (exact) mass is 229 g/mol. The second-order valence-corrected chi connectivity index (χ2v) is 4.86. The molecule has 1 aromatic heterocycles. The highest BCUT2D eigenvalue weighted by Gasteiger charge is 2.11. The summed E-state index contributed by atoms with van der Waals surface area (Å²) in [6.07, 6.45) is 0.844. The number of carboxylic acids is 1. The molecule has 1 atom stereocenters. The fourth-order valence-electron chi connectivity index (χ4n) is 1.06. The lowest BCUT2D eigenvalue weighted by Gasteiger charge is -2.08. The Labute approximate surface area is 92.9 Å². The average molecular weight is 229 g/mol. The Bertz CT molecular complexity index is 351. The quantitative estimate of drug-likeness (QED) is 0.774. The summed E-state index contributed by atoms with van der Waals surface area (Å²) in [5.41, 5.74) is 0. The Balaban J connectivity index is 2.47. The van der Waals surface area contributed by atoms with Gasteiger partial charge in [-0.2, -0.15) is 0 Å². The van der Waals surface area contributed by atoms with E-state index < -0.39 is 5.97 Å². The Kier molecular flexibility index (Phi) is 4.14. The highest BCUT2D eigenvalue weighted by atomic mass is 32.2. The Morgan fingerprint density at radius 2 is 2.27 bits per heavy atom. The van der Waals surface area contributed by atoms with E-state index >= 15 is 0 Å². The third-order valence-corrected chi connectivity index (χ3v) is 3.33. The zero-order valence-corrected chi connectivity index (χ0v) is 9.91. The standard InChI is InChI=1S/C9H15N3O2S/c1-6(4-5-8(13)14)15-9-11-10-7(2)12(9)3/h6H,4-5H2,1-3H3,(H,13,14). The SMILES string of the molecule is Cc1nnc(SC(C)CCC(=O)O)n1C. The molecule has 5 nitrogen and oxygen atoms in total. The van der Waals surface area contributed by atoms with Crippen molar-refractivity contribution in [1.29, 1.82) is 0 Å². The van der Waals surface area contributed by atoms with Crippen LogP contribution in [0.25, 0.3) is 0 Å². The predicted molar refractivity (Wildman–Crippen MR) is 57.9 cm³/mol. The van der Waals surface area contributed by atoms with Gasteiger partial charge >= 0.3 is 5.97 Å². The molecule has 6 heteroatoms. The van der Waals surface area contributed by atoms with Crippen molar-refractivity contribution in [3.63, 3.8) is 0 Å². The van der Waals surface area contributed by atoms with Gasteiger partial charge in [-0.25, -0.2) is 0 Å². The summed E-state index contributed by atoms with van der Waals surface area (Å²) in [5.74, 6) is 0.111. The van der Waals surface area contributed by atoms with Crippen LogP contribution in [-0.4, -0.2) is 31.1 Å². The molecule has 1 heterocycles. The van der Waals surface area contributed by atoms with Crippen LogP contribution in [0.4, 0.5) is 0 Å². The van der Waals surface area contributed by atoms with Gasteiger partial charge in [-0.15, -0.1) is 10.2 Å². The number of aliphatic carboxylic acids is 1. The van der Waals surface area contributed by atoms with Gasteiger partial charge in [-0.1, -0.05) is 18.7 Å². The third kappa shape index (κ3) is 3.54. The molecule has 1 aromatic rings. The number of carbonyl (C=O) groups is 1. The summed E-state index contributed by atoms with van der Waals surface area (Å²) >= 11 is 1.56. The number of hydrogen-bond donors (Lipinski definition) is 1. The van der Waals surface area contributed by atoms with Gasteiger partial charge in [0.25, 0.3) is 0 Å². The van der Waals surface area contributed by atoms with E-state index in [9.17, 15) is 4.79 Å². The molecule has 1 rings (SSSR count). The second-order valence-electron chi connectivity index (χ2n) is 3.45. The van der Waals surface area contributed by atoms with Gasteiger partial charge in [0.15, 0.2) is 5.16 Å². The molecule has 0 aliphatic rings.